The monoisotopic (exact) mass is 559 g/mol. The van der Waals surface area contributed by atoms with Crippen molar-refractivity contribution in [1.29, 1.82) is 0 Å². The molecule has 10 heteroatoms. The molecule has 0 saturated heterocycles. The summed E-state index contributed by atoms with van der Waals surface area (Å²) >= 11 is 1.67. The highest BCUT2D eigenvalue weighted by molar-refractivity contribution is 7.17. The summed E-state index contributed by atoms with van der Waals surface area (Å²) in [5.74, 6) is -1.12. The average Bonchev–Trinajstić information content (AvgIpc) is 3.51. The fourth-order valence-corrected chi connectivity index (χ4v) is 6.63. The zero-order valence-corrected chi connectivity index (χ0v) is 23.4. The number of aryl methyl sites for hydroxylation is 2. The number of carboxylic acid groups (broad SMARTS) is 1. The highest BCUT2D eigenvalue weighted by Gasteiger charge is 2.26. The van der Waals surface area contributed by atoms with Crippen LogP contribution in [0.3, 0.4) is 0 Å². The molecule has 8 nitrogen and oxygen atoms in total. The molecule has 6 rings (SSSR count). The van der Waals surface area contributed by atoms with Crippen molar-refractivity contribution < 1.29 is 19.0 Å². The van der Waals surface area contributed by atoms with Gasteiger partial charge in [-0.15, -0.1) is 16.4 Å². The number of thiophene rings is 1. The number of nitrogens with zero attached hydrogens (tertiary/aromatic N) is 5. The molecule has 2 atom stereocenters. The van der Waals surface area contributed by atoms with E-state index in [9.17, 15) is 14.3 Å². The number of ether oxygens (including phenoxy) is 1. The van der Waals surface area contributed by atoms with Crippen LogP contribution in [0.2, 0.25) is 0 Å². The van der Waals surface area contributed by atoms with Gasteiger partial charge in [0.05, 0.1) is 17.6 Å². The van der Waals surface area contributed by atoms with Gasteiger partial charge in [0.1, 0.15) is 17.4 Å². The van der Waals surface area contributed by atoms with Crippen molar-refractivity contribution in [2.45, 2.75) is 51.8 Å². The van der Waals surface area contributed by atoms with E-state index in [0.717, 1.165) is 49.8 Å². The highest BCUT2D eigenvalue weighted by atomic mass is 32.1. The number of hydrogen-bond acceptors (Lipinski definition) is 7. The van der Waals surface area contributed by atoms with Gasteiger partial charge in [0.25, 0.3) is 0 Å². The van der Waals surface area contributed by atoms with Crippen LogP contribution in [0.15, 0.2) is 47.8 Å². The second-order valence-electron chi connectivity index (χ2n) is 10.4. The van der Waals surface area contributed by atoms with Crippen molar-refractivity contribution in [3.63, 3.8) is 0 Å². The molecule has 0 bridgehead atoms. The molecule has 1 unspecified atom stereocenters. The van der Waals surface area contributed by atoms with Gasteiger partial charge in [-0.05, 0) is 76.7 Å². The number of benzene rings is 2. The lowest BCUT2D eigenvalue weighted by Crippen LogP contribution is -2.32. The summed E-state index contributed by atoms with van der Waals surface area (Å²) < 4.78 is 23.1. The van der Waals surface area contributed by atoms with E-state index in [4.69, 9.17) is 4.74 Å². The maximum atomic E-state index is 14.0. The molecule has 0 radical (unpaired) electrons. The van der Waals surface area contributed by atoms with E-state index in [1.807, 2.05) is 26.1 Å². The molecule has 206 valence electrons. The summed E-state index contributed by atoms with van der Waals surface area (Å²) in [6.07, 6.45) is 0.719. The molecule has 1 N–H and O–H groups in total. The van der Waals surface area contributed by atoms with E-state index in [1.165, 1.54) is 6.07 Å². The van der Waals surface area contributed by atoms with Crippen molar-refractivity contribution in [1.82, 2.24) is 24.9 Å². The largest absolute Gasteiger partial charge is 0.487 e. The molecule has 0 spiro atoms. The van der Waals surface area contributed by atoms with Crippen molar-refractivity contribution in [2.75, 3.05) is 6.54 Å². The Labute approximate surface area is 235 Å². The van der Waals surface area contributed by atoms with Crippen LogP contribution in [0.5, 0.6) is 5.75 Å². The topological polar surface area (TPSA) is 93.4 Å². The Morgan fingerprint density at radius 3 is 2.90 bits per heavy atom. The second kappa shape index (κ2) is 10.6. The predicted octanol–water partition coefficient (Wildman–Crippen LogP) is 5.81. The summed E-state index contributed by atoms with van der Waals surface area (Å²) in [5, 5.41) is 21.6. The molecule has 1 aliphatic rings. The number of carboxylic acids is 1. The molecule has 0 saturated carbocycles. The average molecular weight is 560 g/mol. The molecular formula is C30H30FN5O3S. The smallest absolute Gasteiger partial charge is 0.304 e. The molecule has 40 heavy (non-hydrogen) atoms. The van der Waals surface area contributed by atoms with Gasteiger partial charge >= 0.3 is 5.97 Å². The minimum Gasteiger partial charge on any atom is -0.487 e. The third-order valence-electron chi connectivity index (χ3n) is 7.76. The van der Waals surface area contributed by atoms with Crippen LogP contribution in [-0.2, 0) is 24.9 Å². The Bertz CT molecular complexity index is 1730. The number of hydrogen-bond donors (Lipinski definition) is 1. The summed E-state index contributed by atoms with van der Waals surface area (Å²) in [6, 6.07) is 13.3. The van der Waals surface area contributed by atoms with Crippen molar-refractivity contribution in [3.8, 4) is 5.75 Å². The Hall–Kier alpha value is -3.89. The van der Waals surface area contributed by atoms with Crippen molar-refractivity contribution >= 4 is 38.4 Å². The SMILES string of the molecule is CC[C@@H]1CN(Cc2cc(C(CC(=O)O)c3ccc4c(nnn4C)c3C)cc3ccsc23)Cc2nc(F)ccc2O1. The van der Waals surface area contributed by atoms with Crippen LogP contribution in [0.25, 0.3) is 21.1 Å². The molecule has 0 fully saturated rings. The number of pyridine rings is 1. The molecule has 2 aromatic carbocycles. The minimum absolute atomic E-state index is 0.0448. The lowest BCUT2D eigenvalue weighted by atomic mass is 9.84. The zero-order valence-electron chi connectivity index (χ0n) is 22.6. The Morgan fingerprint density at radius 1 is 1.25 bits per heavy atom. The molecule has 1 aliphatic heterocycles. The fourth-order valence-electron chi connectivity index (χ4n) is 5.75. The molecule has 3 aromatic heterocycles. The Kier molecular flexibility index (Phi) is 6.97. The van der Waals surface area contributed by atoms with Crippen LogP contribution in [0.1, 0.15) is 53.6 Å². The minimum atomic E-state index is -0.865. The maximum absolute atomic E-state index is 14.0. The summed E-state index contributed by atoms with van der Waals surface area (Å²) in [4.78, 5) is 18.5. The van der Waals surface area contributed by atoms with E-state index in [1.54, 1.807) is 22.1 Å². The molecule has 4 heterocycles. The van der Waals surface area contributed by atoms with Crippen molar-refractivity contribution in [2.24, 2.45) is 7.05 Å². The number of halogens is 1. The molecule has 5 aromatic rings. The molecular weight excluding hydrogens is 529 g/mol. The van der Waals surface area contributed by atoms with Crippen LogP contribution in [-0.4, -0.2) is 48.6 Å². The Morgan fingerprint density at radius 2 is 2.10 bits per heavy atom. The van der Waals surface area contributed by atoms with Gasteiger partial charge in [0.2, 0.25) is 5.95 Å². The summed E-state index contributed by atoms with van der Waals surface area (Å²) in [5.41, 5.74) is 6.18. The third-order valence-corrected chi connectivity index (χ3v) is 8.77. The summed E-state index contributed by atoms with van der Waals surface area (Å²) in [7, 11) is 1.85. The van der Waals surface area contributed by atoms with Gasteiger partial charge in [-0.25, -0.2) is 9.67 Å². The van der Waals surface area contributed by atoms with E-state index in [2.05, 4.69) is 50.7 Å². The van der Waals surface area contributed by atoms with Crippen molar-refractivity contribution in [3.05, 3.63) is 81.7 Å². The van der Waals surface area contributed by atoms with Gasteiger partial charge in [0.15, 0.2) is 0 Å². The van der Waals surface area contributed by atoms with E-state index >= 15 is 0 Å². The van der Waals surface area contributed by atoms with Gasteiger partial charge in [-0.3, -0.25) is 9.69 Å². The number of rotatable bonds is 7. The quantitative estimate of drug-likeness (QED) is 0.252. The normalized spacial score (nSPS) is 16.6. The van der Waals surface area contributed by atoms with Crippen LogP contribution in [0, 0.1) is 12.9 Å². The first-order valence-corrected chi connectivity index (χ1v) is 14.2. The van der Waals surface area contributed by atoms with Crippen LogP contribution >= 0.6 is 11.3 Å². The second-order valence-corrected chi connectivity index (χ2v) is 11.3. The maximum Gasteiger partial charge on any atom is 0.304 e. The number of aliphatic carboxylic acids is 1. The fraction of sp³-hybridized carbons (Fsp3) is 0.333. The number of fused-ring (bicyclic) bond motifs is 3. The van der Waals surface area contributed by atoms with E-state index < -0.39 is 11.9 Å². The summed E-state index contributed by atoms with van der Waals surface area (Å²) in [6.45, 7) is 5.80. The first kappa shape index (κ1) is 26.3. The number of aromatic nitrogens is 4. The zero-order chi connectivity index (χ0) is 28.0. The standard InChI is InChI=1S/C30H30FN5O3S/c1-4-21-15-36(16-24-26(39-21)7-8-27(31)32-24)14-20-12-19(11-18-9-10-40-30(18)20)23(13-28(37)38)22-5-6-25-29(17(22)2)33-34-35(25)3/h5-12,21,23H,4,13-16H2,1-3H3,(H,37,38)/t21-,23?/m1/s1. The third kappa shape index (κ3) is 4.93. The van der Waals surface area contributed by atoms with Gasteiger partial charge in [-0.1, -0.05) is 24.3 Å². The van der Waals surface area contributed by atoms with E-state index in [-0.39, 0.29) is 18.4 Å². The van der Waals surface area contributed by atoms with Gasteiger partial charge in [-0.2, -0.15) is 4.39 Å². The first-order valence-electron chi connectivity index (χ1n) is 13.4. The molecule has 0 amide bonds. The van der Waals surface area contributed by atoms with Crippen LogP contribution < -0.4 is 4.74 Å². The van der Waals surface area contributed by atoms with Crippen LogP contribution in [0.4, 0.5) is 4.39 Å². The van der Waals surface area contributed by atoms with Gasteiger partial charge in [0, 0.05) is 37.3 Å². The number of carbonyl (C=O) groups is 1. The van der Waals surface area contributed by atoms with E-state index in [0.29, 0.717) is 31.1 Å². The highest BCUT2D eigenvalue weighted by Crippen LogP contribution is 2.38. The lowest BCUT2D eigenvalue weighted by molar-refractivity contribution is -0.137. The predicted molar refractivity (Wildman–Crippen MR) is 152 cm³/mol. The molecule has 0 aliphatic carbocycles. The van der Waals surface area contributed by atoms with Gasteiger partial charge < -0.3 is 9.84 Å². The lowest BCUT2D eigenvalue weighted by Gasteiger charge is -2.25. The first-order chi connectivity index (χ1) is 19.3. The Balaban J connectivity index is 1.42.